The lowest BCUT2D eigenvalue weighted by Crippen LogP contribution is -2.27. The number of methoxy groups -OCH3 is 1. The van der Waals surface area contributed by atoms with Crippen LogP contribution in [-0.2, 0) is 11.2 Å². The maximum absolute atomic E-state index is 12.1. The molecule has 0 aliphatic carbocycles. The molecule has 1 amide bonds. The summed E-state index contributed by atoms with van der Waals surface area (Å²) in [4.78, 5) is 12.1. The average Bonchev–Trinajstić information content (AvgIpc) is 2.53. The summed E-state index contributed by atoms with van der Waals surface area (Å²) in [5.74, 6) is 0.817. The lowest BCUT2D eigenvalue weighted by Gasteiger charge is -2.15. The lowest BCUT2D eigenvalue weighted by molar-refractivity contribution is -0.121. The Labute approximate surface area is 136 Å². The molecule has 22 heavy (non-hydrogen) atoms. The van der Waals surface area contributed by atoms with Crippen LogP contribution in [0.25, 0.3) is 0 Å². The van der Waals surface area contributed by atoms with Crippen molar-refractivity contribution in [1.82, 2.24) is 5.32 Å². The van der Waals surface area contributed by atoms with E-state index in [1.165, 1.54) is 0 Å². The molecule has 1 atom stereocenters. The van der Waals surface area contributed by atoms with Crippen molar-refractivity contribution >= 4 is 17.5 Å². The van der Waals surface area contributed by atoms with Crippen molar-refractivity contribution in [2.24, 2.45) is 0 Å². The number of carbonyl (C=O) groups excluding carboxylic acids is 1. The third-order valence-electron chi connectivity index (χ3n) is 3.52. The summed E-state index contributed by atoms with van der Waals surface area (Å²) in [5.41, 5.74) is 2.01. The molecular formula is C18H20ClNO2. The molecule has 0 saturated heterocycles. The van der Waals surface area contributed by atoms with Gasteiger partial charge in [0.05, 0.1) is 13.2 Å². The molecule has 1 unspecified atom stereocenters. The summed E-state index contributed by atoms with van der Waals surface area (Å²) in [6.07, 6.45) is 1.11. The van der Waals surface area contributed by atoms with Gasteiger partial charge in [-0.1, -0.05) is 41.9 Å². The summed E-state index contributed by atoms with van der Waals surface area (Å²) in [5, 5.41) is 3.65. The zero-order chi connectivity index (χ0) is 15.9. The predicted molar refractivity (Wildman–Crippen MR) is 89.3 cm³/mol. The van der Waals surface area contributed by atoms with Gasteiger partial charge >= 0.3 is 0 Å². The van der Waals surface area contributed by atoms with Crippen LogP contribution < -0.4 is 10.1 Å². The van der Waals surface area contributed by atoms with E-state index < -0.39 is 0 Å². The van der Waals surface area contributed by atoms with Gasteiger partial charge in [0.2, 0.25) is 5.91 Å². The van der Waals surface area contributed by atoms with Crippen LogP contribution >= 0.6 is 11.6 Å². The maximum Gasteiger partial charge on any atom is 0.220 e. The summed E-state index contributed by atoms with van der Waals surface area (Å²) in [6, 6.07) is 15.2. The van der Waals surface area contributed by atoms with Crippen LogP contribution in [0.4, 0.5) is 0 Å². The van der Waals surface area contributed by atoms with E-state index in [-0.39, 0.29) is 11.9 Å². The van der Waals surface area contributed by atoms with Gasteiger partial charge in [-0.05, 0) is 42.7 Å². The number of benzene rings is 2. The van der Waals surface area contributed by atoms with Crippen molar-refractivity contribution in [2.45, 2.75) is 25.8 Å². The molecule has 0 fully saturated rings. The average molecular weight is 318 g/mol. The quantitative estimate of drug-likeness (QED) is 0.868. The third kappa shape index (κ3) is 4.50. The second-order valence-electron chi connectivity index (χ2n) is 5.16. The third-order valence-corrected chi connectivity index (χ3v) is 3.87. The van der Waals surface area contributed by atoms with Gasteiger partial charge in [0.1, 0.15) is 5.75 Å². The summed E-state index contributed by atoms with van der Waals surface area (Å²) in [7, 11) is 1.64. The number of halogens is 1. The van der Waals surface area contributed by atoms with Crippen LogP contribution in [-0.4, -0.2) is 13.0 Å². The molecular weight excluding hydrogens is 298 g/mol. The Morgan fingerprint density at radius 2 is 2.00 bits per heavy atom. The minimum atomic E-state index is -0.105. The van der Waals surface area contributed by atoms with Gasteiger partial charge in [0.25, 0.3) is 0 Å². The largest absolute Gasteiger partial charge is 0.497 e. The van der Waals surface area contributed by atoms with Crippen LogP contribution in [0.1, 0.15) is 30.5 Å². The van der Waals surface area contributed by atoms with Gasteiger partial charge in [0, 0.05) is 11.4 Å². The number of carbonyl (C=O) groups is 1. The van der Waals surface area contributed by atoms with Gasteiger partial charge in [-0.25, -0.2) is 0 Å². The highest BCUT2D eigenvalue weighted by Crippen LogP contribution is 2.22. The molecule has 0 radical (unpaired) electrons. The number of hydrogen-bond acceptors (Lipinski definition) is 2. The number of aryl methyl sites for hydroxylation is 1. The van der Waals surface area contributed by atoms with Gasteiger partial charge < -0.3 is 10.1 Å². The molecule has 0 aliphatic rings. The number of rotatable bonds is 6. The Balaban J connectivity index is 1.89. The molecule has 1 N–H and O–H groups in total. The van der Waals surface area contributed by atoms with Crippen molar-refractivity contribution in [1.29, 1.82) is 0 Å². The Hall–Kier alpha value is -2.00. The minimum Gasteiger partial charge on any atom is -0.497 e. The smallest absolute Gasteiger partial charge is 0.220 e. The van der Waals surface area contributed by atoms with Crippen LogP contribution in [0.15, 0.2) is 48.5 Å². The molecule has 0 spiro atoms. The monoisotopic (exact) mass is 317 g/mol. The topological polar surface area (TPSA) is 38.3 Å². The van der Waals surface area contributed by atoms with E-state index in [1.54, 1.807) is 7.11 Å². The Kier molecular flexibility index (Phi) is 5.84. The van der Waals surface area contributed by atoms with Gasteiger partial charge in [-0.3, -0.25) is 4.79 Å². The summed E-state index contributed by atoms with van der Waals surface area (Å²) >= 11 is 6.14. The number of nitrogens with one attached hydrogen (secondary N) is 1. The first-order valence-corrected chi connectivity index (χ1v) is 7.64. The summed E-state index contributed by atoms with van der Waals surface area (Å²) in [6.45, 7) is 1.94. The molecule has 2 aromatic rings. The Bertz CT molecular complexity index is 642. The molecule has 2 rings (SSSR count). The first-order valence-electron chi connectivity index (χ1n) is 7.27. The number of ether oxygens (including phenoxy) is 1. The van der Waals surface area contributed by atoms with E-state index in [0.717, 1.165) is 16.9 Å². The lowest BCUT2D eigenvalue weighted by atomic mass is 10.1. The zero-order valence-corrected chi connectivity index (χ0v) is 13.6. The summed E-state index contributed by atoms with van der Waals surface area (Å²) < 4.78 is 5.18. The second kappa shape index (κ2) is 7.85. The first kappa shape index (κ1) is 16.4. The second-order valence-corrected chi connectivity index (χ2v) is 5.57. The van der Waals surface area contributed by atoms with Crippen LogP contribution in [0.5, 0.6) is 5.75 Å². The van der Waals surface area contributed by atoms with Gasteiger partial charge in [-0.2, -0.15) is 0 Å². The fraction of sp³-hybridized carbons (Fsp3) is 0.278. The van der Waals surface area contributed by atoms with E-state index in [9.17, 15) is 4.79 Å². The Morgan fingerprint density at radius 3 is 2.73 bits per heavy atom. The number of amides is 1. The van der Waals surface area contributed by atoms with E-state index in [0.29, 0.717) is 17.9 Å². The maximum atomic E-state index is 12.1. The highest BCUT2D eigenvalue weighted by molar-refractivity contribution is 6.31. The zero-order valence-electron chi connectivity index (χ0n) is 12.8. The van der Waals surface area contributed by atoms with Gasteiger partial charge in [0.15, 0.2) is 0 Å². The van der Waals surface area contributed by atoms with Crippen molar-refractivity contribution < 1.29 is 9.53 Å². The van der Waals surface area contributed by atoms with Crippen LogP contribution in [0.3, 0.4) is 0 Å². The molecule has 0 heterocycles. The van der Waals surface area contributed by atoms with Crippen molar-refractivity contribution in [3.63, 3.8) is 0 Å². The molecule has 0 aliphatic heterocycles. The molecule has 116 valence electrons. The molecule has 0 bridgehead atoms. The normalized spacial score (nSPS) is 11.8. The van der Waals surface area contributed by atoms with Crippen LogP contribution in [0.2, 0.25) is 5.02 Å². The minimum absolute atomic E-state index is 0.00948. The fourth-order valence-electron chi connectivity index (χ4n) is 2.30. The molecule has 2 aromatic carbocycles. The SMILES string of the molecule is COc1cccc(CCC(=O)NC(C)c2ccccc2Cl)c1. The fourth-order valence-corrected chi connectivity index (χ4v) is 2.60. The van der Waals surface area contributed by atoms with Gasteiger partial charge in [-0.15, -0.1) is 0 Å². The van der Waals surface area contributed by atoms with E-state index in [4.69, 9.17) is 16.3 Å². The number of hydrogen-bond donors (Lipinski definition) is 1. The highest BCUT2D eigenvalue weighted by Gasteiger charge is 2.12. The van der Waals surface area contributed by atoms with Crippen molar-refractivity contribution in [2.75, 3.05) is 7.11 Å². The standard InChI is InChI=1S/C18H20ClNO2/c1-13(16-8-3-4-9-17(16)19)20-18(21)11-10-14-6-5-7-15(12-14)22-2/h3-9,12-13H,10-11H2,1-2H3,(H,20,21). The van der Waals surface area contributed by atoms with Crippen molar-refractivity contribution in [3.8, 4) is 5.75 Å². The molecule has 4 heteroatoms. The van der Waals surface area contributed by atoms with Crippen LogP contribution in [0, 0.1) is 0 Å². The predicted octanol–water partition coefficient (Wildman–Crippen LogP) is 4.16. The Morgan fingerprint density at radius 1 is 1.23 bits per heavy atom. The first-order chi connectivity index (χ1) is 10.6. The van der Waals surface area contributed by atoms with Crippen molar-refractivity contribution in [3.05, 3.63) is 64.7 Å². The molecule has 0 saturated carbocycles. The van der Waals surface area contributed by atoms with E-state index >= 15 is 0 Å². The molecule has 0 aromatic heterocycles. The van der Waals surface area contributed by atoms with E-state index in [1.807, 2.05) is 55.5 Å². The highest BCUT2D eigenvalue weighted by atomic mass is 35.5. The molecule has 3 nitrogen and oxygen atoms in total. The van der Waals surface area contributed by atoms with E-state index in [2.05, 4.69) is 5.32 Å².